The molecule has 3 amide bonds. The molecule has 0 spiro atoms. The summed E-state index contributed by atoms with van der Waals surface area (Å²) in [6.45, 7) is 1.65. The summed E-state index contributed by atoms with van der Waals surface area (Å²) >= 11 is 6.11. The Hall–Kier alpha value is -3.65. The average Bonchev–Trinajstić information content (AvgIpc) is 3.49. The summed E-state index contributed by atoms with van der Waals surface area (Å²) in [6, 6.07) is 16.2. The first-order valence-corrected chi connectivity index (χ1v) is 11.9. The molecule has 1 saturated heterocycles. The lowest BCUT2D eigenvalue weighted by Gasteiger charge is -2.38. The number of aromatic nitrogens is 1. The van der Waals surface area contributed by atoms with Crippen molar-refractivity contribution in [3.63, 3.8) is 0 Å². The van der Waals surface area contributed by atoms with Gasteiger partial charge in [-0.3, -0.25) is 4.79 Å². The highest BCUT2D eigenvalue weighted by Crippen LogP contribution is 2.35. The second-order valence-corrected chi connectivity index (χ2v) is 9.10. The number of fused-ring (bicyclic) bond motifs is 1. The average molecular weight is 495 g/mol. The summed E-state index contributed by atoms with van der Waals surface area (Å²) in [7, 11) is 3.13. The van der Waals surface area contributed by atoms with Gasteiger partial charge in [0.05, 0.1) is 26.3 Å². The van der Waals surface area contributed by atoms with E-state index in [0.29, 0.717) is 41.8 Å². The first-order chi connectivity index (χ1) is 17.0. The number of amides is 3. The van der Waals surface area contributed by atoms with Crippen LogP contribution < -0.4 is 19.7 Å². The maximum absolute atomic E-state index is 13.5. The van der Waals surface area contributed by atoms with Gasteiger partial charge in [-0.1, -0.05) is 23.7 Å². The molecule has 9 heteroatoms. The Balaban J connectivity index is 1.34. The van der Waals surface area contributed by atoms with Gasteiger partial charge in [0.1, 0.15) is 0 Å². The number of nitrogens with one attached hydrogen (secondary N) is 1. The van der Waals surface area contributed by atoms with Crippen molar-refractivity contribution in [2.45, 2.75) is 25.0 Å². The number of hydrogen-bond acceptors (Lipinski definition) is 4. The van der Waals surface area contributed by atoms with Gasteiger partial charge in [0.25, 0.3) is 0 Å². The van der Waals surface area contributed by atoms with Gasteiger partial charge in [0, 0.05) is 54.7 Å². The van der Waals surface area contributed by atoms with E-state index in [-0.39, 0.29) is 30.4 Å². The molecule has 8 nitrogen and oxygen atoms in total. The third-order valence-corrected chi connectivity index (χ3v) is 6.87. The fourth-order valence-corrected chi connectivity index (χ4v) is 5.03. The number of hydrogen-bond donors (Lipinski definition) is 1. The number of urea groups is 1. The van der Waals surface area contributed by atoms with Crippen LogP contribution in [-0.2, 0) is 11.3 Å². The van der Waals surface area contributed by atoms with Crippen molar-refractivity contribution in [1.29, 1.82) is 0 Å². The number of carbonyl (C=O) groups excluding carboxylic acids is 2. The normalized spacial score (nSPS) is 19.5. The van der Waals surface area contributed by atoms with Crippen LogP contribution in [0.5, 0.6) is 11.5 Å². The molecule has 3 aromatic rings. The standard InChI is InChI=1S/C26H27ClN4O4/c1-34-22-10-9-20(15-23(22)35-2)31-16-19(14-24(31)32)28-26(33)30-13-12-29-11-3-4-21(29)25(30)17-5-7-18(27)8-6-17/h3-11,15,19,25H,12-14,16H2,1-2H3,(H,28,33). The second kappa shape index (κ2) is 9.54. The Morgan fingerprint density at radius 1 is 1.03 bits per heavy atom. The Kier molecular flexibility index (Phi) is 6.30. The molecule has 2 aliphatic rings. The van der Waals surface area contributed by atoms with E-state index < -0.39 is 0 Å². The summed E-state index contributed by atoms with van der Waals surface area (Å²) < 4.78 is 12.8. The highest BCUT2D eigenvalue weighted by atomic mass is 35.5. The largest absolute Gasteiger partial charge is 0.493 e. The predicted octanol–water partition coefficient (Wildman–Crippen LogP) is 4.08. The summed E-state index contributed by atoms with van der Waals surface area (Å²) in [4.78, 5) is 29.8. The van der Waals surface area contributed by atoms with Crippen molar-refractivity contribution >= 4 is 29.2 Å². The van der Waals surface area contributed by atoms with E-state index >= 15 is 0 Å². The molecule has 3 heterocycles. The smallest absolute Gasteiger partial charge is 0.318 e. The molecule has 2 unspecified atom stereocenters. The van der Waals surface area contributed by atoms with Crippen LogP contribution in [0.3, 0.4) is 0 Å². The molecule has 2 aliphatic heterocycles. The van der Waals surface area contributed by atoms with Crippen LogP contribution in [0.15, 0.2) is 60.8 Å². The van der Waals surface area contributed by atoms with E-state index in [1.807, 2.05) is 53.6 Å². The molecule has 0 radical (unpaired) electrons. The molecule has 1 fully saturated rings. The van der Waals surface area contributed by atoms with E-state index in [1.165, 1.54) is 0 Å². The zero-order valence-corrected chi connectivity index (χ0v) is 20.4. The number of anilines is 1. The second-order valence-electron chi connectivity index (χ2n) is 8.67. The van der Waals surface area contributed by atoms with Crippen LogP contribution in [0.2, 0.25) is 5.02 Å². The van der Waals surface area contributed by atoms with E-state index in [9.17, 15) is 9.59 Å². The van der Waals surface area contributed by atoms with Crippen molar-refractivity contribution in [3.05, 3.63) is 77.1 Å². The molecule has 2 atom stereocenters. The van der Waals surface area contributed by atoms with Crippen LogP contribution in [0.4, 0.5) is 10.5 Å². The fraction of sp³-hybridized carbons (Fsp3) is 0.308. The van der Waals surface area contributed by atoms with Gasteiger partial charge in [-0.05, 0) is 42.0 Å². The molecule has 1 N–H and O–H groups in total. The minimum atomic E-state index is -0.303. The summed E-state index contributed by atoms with van der Waals surface area (Å²) in [5.74, 6) is 1.09. The van der Waals surface area contributed by atoms with E-state index in [0.717, 1.165) is 11.3 Å². The molecular weight excluding hydrogens is 468 g/mol. The molecule has 35 heavy (non-hydrogen) atoms. The van der Waals surface area contributed by atoms with Crippen molar-refractivity contribution in [1.82, 2.24) is 14.8 Å². The minimum Gasteiger partial charge on any atom is -0.493 e. The molecule has 1 aromatic heterocycles. The van der Waals surface area contributed by atoms with E-state index in [1.54, 1.807) is 31.3 Å². The van der Waals surface area contributed by atoms with Crippen LogP contribution >= 0.6 is 11.6 Å². The van der Waals surface area contributed by atoms with Crippen molar-refractivity contribution < 1.29 is 19.1 Å². The number of carbonyl (C=O) groups is 2. The van der Waals surface area contributed by atoms with Crippen LogP contribution in [-0.4, -0.2) is 54.8 Å². The lowest BCUT2D eigenvalue weighted by atomic mass is 10.0. The summed E-state index contributed by atoms with van der Waals surface area (Å²) in [5, 5.41) is 3.75. The van der Waals surface area contributed by atoms with Gasteiger partial charge in [-0.25, -0.2) is 4.79 Å². The topological polar surface area (TPSA) is 76.0 Å². The lowest BCUT2D eigenvalue weighted by molar-refractivity contribution is -0.117. The monoisotopic (exact) mass is 494 g/mol. The zero-order valence-electron chi connectivity index (χ0n) is 19.6. The van der Waals surface area contributed by atoms with E-state index in [4.69, 9.17) is 21.1 Å². The number of benzene rings is 2. The quantitative estimate of drug-likeness (QED) is 0.580. The number of nitrogens with zero attached hydrogens (tertiary/aromatic N) is 3. The van der Waals surface area contributed by atoms with Gasteiger partial charge < -0.3 is 29.2 Å². The number of halogens is 1. The summed E-state index contributed by atoms with van der Waals surface area (Å²) in [6.07, 6.45) is 2.26. The van der Waals surface area contributed by atoms with Gasteiger partial charge in [0.2, 0.25) is 5.91 Å². The first kappa shape index (κ1) is 23.1. The Bertz CT molecular complexity index is 1240. The van der Waals surface area contributed by atoms with Gasteiger partial charge in [0.15, 0.2) is 11.5 Å². The highest BCUT2D eigenvalue weighted by Gasteiger charge is 2.36. The van der Waals surface area contributed by atoms with E-state index in [2.05, 4.69) is 9.88 Å². The SMILES string of the molecule is COc1ccc(N2CC(NC(=O)N3CCn4cccc4C3c3ccc(Cl)cc3)CC2=O)cc1OC. The van der Waals surface area contributed by atoms with Crippen LogP contribution in [0, 0.1) is 0 Å². The fourth-order valence-electron chi connectivity index (χ4n) is 4.90. The van der Waals surface area contributed by atoms with Gasteiger partial charge >= 0.3 is 6.03 Å². The molecular formula is C26H27ClN4O4. The maximum atomic E-state index is 13.5. The Morgan fingerprint density at radius 2 is 1.80 bits per heavy atom. The number of ether oxygens (including phenoxy) is 2. The number of methoxy groups -OCH3 is 2. The van der Waals surface area contributed by atoms with Gasteiger partial charge in [-0.15, -0.1) is 0 Å². The lowest BCUT2D eigenvalue weighted by Crippen LogP contribution is -2.50. The third kappa shape index (κ3) is 4.41. The van der Waals surface area contributed by atoms with Crippen molar-refractivity contribution in [2.75, 3.05) is 32.2 Å². The Morgan fingerprint density at radius 3 is 2.54 bits per heavy atom. The zero-order chi connectivity index (χ0) is 24.5. The maximum Gasteiger partial charge on any atom is 0.318 e. The molecule has 0 bridgehead atoms. The van der Waals surface area contributed by atoms with Crippen molar-refractivity contribution in [2.24, 2.45) is 0 Å². The first-order valence-electron chi connectivity index (χ1n) is 11.5. The van der Waals surface area contributed by atoms with Crippen LogP contribution in [0.25, 0.3) is 0 Å². The van der Waals surface area contributed by atoms with Crippen LogP contribution in [0.1, 0.15) is 23.7 Å². The molecule has 0 saturated carbocycles. The third-order valence-electron chi connectivity index (χ3n) is 6.62. The highest BCUT2D eigenvalue weighted by molar-refractivity contribution is 6.30. The summed E-state index contributed by atoms with van der Waals surface area (Å²) in [5.41, 5.74) is 2.74. The van der Waals surface area contributed by atoms with Gasteiger partial charge in [-0.2, -0.15) is 0 Å². The molecule has 2 aromatic carbocycles. The number of rotatable bonds is 5. The predicted molar refractivity (Wildman–Crippen MR) is 133 cm³/mol. The Labute approximate surface area is 209 Å². The molecule has 5 rings (SSSR count). The minimum absolute atomic E-state index is 0.0516. The molecule has 0 aliphatic carbocycles. The molecule has 182 valence electrons. The van der Waals surface area contributed by atoms with Crippen molar-refractivity contribution in [3.8, 4) is 11.5 Å².